The summed E-state index contributed by atoms with van der Waals surface area (Å²) >= 11 is 0. The van der Waals surface area contributed by atoms with E-state index in [-0.39, 0.29) is 0 Å². The summed E-state index contributed by atoms with van der Waals surface area (Å²) in [5, 5.41) is 3.27. The second kappa shape index (κ2) is 8.91. The summed E-state index contributed by atoms with van der Waals surface area (Å²) in [4.78, 5) is 14.8. The Hall–Kier alpha value is -1.39. The van der Waals surface area contributed by atoms with Gasteiger partial charge in [0.2, 0.25) is 6.41 Å². The van der Waals surface area contributed by atoms with Gasteiger partial charge in [-0.25, -0.2) is 0 Å². The van der Waals surface area contributed by atoms with Crippen LogP contribution in [0.25, 0.3) is 0 Å². The van der Waals surface area contributed by atoms with Crippen LogP contribution in [-0.4, -0.2) is 62.5 Å². The van der Waals surface area contributed by atoms with E-state index in [9.17, 15) is 4.79 Å². The number of rotatable bonds is 2. The van der Waals surface area contributed by atoms with E-state index >= 15 is 0 Å². The molecule has 2 unspecified atom stereocenters. The van der Waals surface area contributed by atoms with E-state index in [0.717, 1.165) is 39.0 Å². The van der Waals surface area contributed by atoms with Crippen LogP contribution in [0.1, 0.15) is 13.3 Å². The maximum absolute atomic E-state index is 10.6. The Morgan fingerprint density at radius 2 is 2.00 bits per heavy atom. The Labute approximate surface area is 134 Å². The molecule has 0 radical (unpaired) electrons. The number of nitrogens with one attached hydrogen (secondary N) is 1. The Balaban J connectivity index is 0.000000211. The van der Waals surface area contributed by atoms with E-state index in [0.29, 0.717) is 11.8 Å². The number of carbonyl (C=O) groups excluding carboxylic acids is 1. The van der Waals surface area contributed by atoms with Crippen LogP contribution in [0.3, 0.4) is 0 Å². The average Bonchev–Trinajstić information content (AvgIpc) is 2.91. The monoisotopic (exact) mass is 303 g/mol. The molecule has 2 heterocycles. The first-order valence-corrected chi connectivity index (χ1v) is 8.34. The van der Waals surface area contributed by atoms with Crippen molar-refractivity contribution < 1.29 is 4.79 Å². The van der Waals surface area contributed by atoms with Gasteiger partial charge in [0.05, 0.1) is 0 Å². The molecule has 22 heavy (non-hydrogen) atoms. The van der Waals surface area contributed by atoms with Crippen LogP contribution >= 0.6 is 0 Å². The highest BCUT2D eigenvalue weighted by Crippen LogP contribution is 2.26. The third kappa shape index (κ3) is 5.43. The summed E-state index contributed by atoms with van der Waals surface area (Å²) in [5.74, 6) is 1.04. The smallest absolute Gasteiger partial charge is 0.209 e. The van der Waals surface area contributed by atoms with Crippen LogP contribution < -0.4 is 5.32 Å². The van der Waals surface area contributed by atoms with E-state index in [2.05, 4.69) is 54.6 Å². The predicted molar refractivity (Wildman–Crippen MR) is 91.6 cm³/mol. The topological polar surface area (TPSA) is 35.6 Å². The fraction of sp³-hybridized carbons (Fsp3) is 0.611. The lowest BCUT2D eigenvalue weighted by atomic mass is 9.95. The minimum Gasteiger partial charge on any atom is -0.345 e. The highest BCUT2D eigenvalue weighted by atomic mass is 16.1. The molecule has 2 fully saturated rings. The van der Waals surface area contributed by atoms with Crippen LogP contribution in [0, 0.1) is 11.8 Å². The van der Waals surface area contributed by atoms with Crippen LogP contribution in [-0.2, 0) is 4.79 Å². The van der Waals surface area contributed by atoms with Gasteiger partial charge in [0.1, 0.15) is 0 Å². The molecule has 2 atom stereocenters. The minimum atomic E-state index is 0.500. The fourth-order valence-electron chi connectivity index (χ4n) is 3.02. The molecule has 0 bridgehead atoms. The lowest BCUT2D eigenvalue weighted by Gasteiger charge is -2.21. The van der Waals surface area contributed by atoms with E-state index < -0.39 is 0 Å². The van der Waals surface area contributed by atoms with Gasteiger partial charge in [0.15, 0.2) is 0 Å². The van der Waals surface area contributed by atoms with Crippen LogP contribution in [0.5, 0.6) is 0 Å². The number of likely N-dealkylation sites (tertiary alicyclic amines) is 1. The van der Waals surface area contributed by atoms with Crippen molar-refractivity contribution >= 4 is 6.41 Å². The zero-order chi connectivity index (χ0) is 15.8. The van der Waals surface area contributed by atoms with Crippen LogP contribution in [0.15, 0.2) is 36.0 Å². The van der Waals surface area contributed by atoms with Crippen molar-refractivity contribution in [2.24, 2.45) is 11.8 Å². The molecular weight excluding hydrogens is 274 g/mol. The predicted octanol–water partition coefficient (Wildman–Crippen LogP) is 1.67. The molecule has 3 aliphatic rings. The summed E-state index contributed by atoms with van der Waals surface area (Å²) in [6.07, 6.45) is 12.9. The van der Waals surface area contributed by atoms with Crippen molar-refractivity contribution in [2.75, 3.05) is 46.3 Å². The van der Waals surface area contributed by atoms with Crippen molar-refractivity contribution in [3.05, 3.63) is 36.0 Å². The standard InChI is InChI=1S/C13H17NO.C5H12N2/c1-11-4-2-3-5-12(8-11)13-6-7-14(9-13)10-15;1-7-4-2-6-3-5-7/h2-5,8,10-11,13H,6-7,9H2,1H3;6H,2-5H2,1H3. The Bertz CT molecular complexity index is 436. The van der Waals surface area contributed by atoms with Gasteiger partial charge in [0, 0.05) is 45.2 Å². The molecule has 2 aliphatic heterocycles. The molecule has 0 spiro atoms. The molecule has 1 aliphatic carbocycles. The second-order valence-corrected chi connectivity index (χ2v) is 6.41. The first-order chi connectivity index (χ1) is 10.7. The summed E-state index contributed by atoms with van der Waals surface area (Å²) < 4.78 is 0. The van der Waals surface area contributed by atoms with Gasteiger partial charge in [0.25, 0.3) is 0 Å². The maximum Gasteiger partial charge on any atom is 0.209 e. The first kappa shape index (κ1) is 17.0. The molecule has 1 amide bonds. The molecule has 0 saturated carbocycles. The number of piperazine rings is 1. The van der Waals surface area contributed by atoms with E-state index in [1.807, 2.05) is 4.90 Å². The summed E-state index contributed by atoms with van der Waals surface area (Å²) in [6.45, 7) is 8.72. The summed E-state index contributed by atoms with van der Waals surface area (Å²) in [5.41, 5.74) is 1.39. The molecule has 4 heteroatoms. The molecule has 1 N–H and O–H groups in total. The Kier molecular flexibility index (Phi) is 6.87. The minimum absolute atomic E-state index is 0.500. The van der Waals surface area contributed by atoms with E-state index in [1.165, 1.54) is 18.7 Å². The van der Waals surface area contributed by atoms with Crippen molar-refractivity contribution in [1.29, 1.82) is 0 Å². The number of amides is 1. The Morgan fingerprint density at radius 1 is 1.23 bits per heavy atom. The zero-order valence-corrected chi connectivity index (χ0v) is 13.9. The van der Waals surface area contributed by atoms with E-state index in [4.69, 9.17) is 0 Å². The number of hydrogen-bond acceptors (Lipinski definition) is 3. The number of nitrogens with zero attached hydrogens (tertiary/aromatic N) is 2. The molecular formula is C18H29N3O. The third-order valence-corrected chi connectivity index (χ3v) is 4.45. The van der Waals surface area contributed by atoms with Crippen LogP contribution in [0.4, 0.5) is 0 Å². The number of carbonyl (C=O) groups is 1. The first-order valence-electron chi connectivity index (χ1n) is 8.34. The molecule has 122 valence electrons. The molecule has 0 aromatic heterocycles. The highest BCUT2D eigenvalue weighted by Gasteiger charge is 2.23. The van der Waals surface area contributed by atoms with Gasteiger partial charge in [-0.1, -0.05) is 37.3 Å². The van der Waals surface area contributed by atoms with Crippen LogP contribution in [0.2, 0.25) is 0 Å². The zero-order valence-electron chi connectivity index (χ0n) is 13.9. The SMILES string of the molecule is CC1C=CC=CC(C2CCN(C=O)C2)=C1.CN1CCNCC1. The van der Waals surface area contributed by atoms with Crippen molar-refractivity contribution in [2.45, 2.75) is 13.3 Å². The third-order valence-electron chi connectivity index (χ3n) is 4.45. The lowest BCUT2D eigenvalue weighted by molar-refractivity contribution is -0.117. The van der Waals surface area contributed by atoms with Gasteiger partial charge < -0.3 is 15.1 Å². The molecule has 0 aromatic carbocycles. The number of allylic oxidation sites excluding steroid dienone is 5. The van der Waals surface area contributed by atoms with Gasteiger partial charge in [-0.05, 0) is 25.0 Å². The Morgan fingerprint density at radius 3 is 2.59 bits per heavy atom. The van der Waals surface area contributed by atoms with Gasteiger partial charge in [-0.2, -0.15) is 0 Å². The quantitative estimate of drug-likeness (QED) is 0.788. The van der Waals surface area contributed by atoms with Crippen molar-refractivity contribution in [3.8, 4) is 0 Å². The molecule has 4 nitrogen and oxygen atoms in total. The normalized spacial score (nSPS) is 28.6. The molecule has 0 aromatic rings. The molecule has 3 rings (SSSR count). The summed E-state index contributed by atoms with van der Waals surface area (Å²) in [7, 11) is 2.15. The van der Waals surface area contributed by atoms with Crippen molar-refractivity contribution in [1.82, 2.24) is 15.1 Å². The average molecular weight is 303 g/mol. The number of hydrogen-bond donors (Lipinski definition) is 1. The summed E-state index contributed by atoms with van der Waals surface area (Å²) in [6, 6.07) is 0. The largest absolute Gasteiger partial charge is 0.345 e. The lowest BCUT2D eigenvalue weighted by Crippen LogP contribution is -2.40. The fourth-order valence-corrected chi connectivity index (χ4v) is 3.02. The molecule has 2 saturated heterocycles. The van der Waals surface area contributed by atoms with E-state index in [1.54, 1.807) is 0 Å². The highest BCUT2D eigenvalue weighted by molar-refractivity contribution is 5.48. The van der Waals surface area contributed by atoms with Gasteiger partial charge in [-0.3, -0.25) is 4.79 Å². The maximum atomic E-state index is 10.6. The van der Waals surface area contributed by atoms with Gasteiger partial charge in [-0.15, -0.1) is 0 Å². The number of likely N-dealkylation sites (N-methyl/N-ethyl adjacent to an activating group) is 1. The van der Waals surface area contributed by atoms with Gasteiger partial charge >= 0.3 is 0 Å². The second-order valence-electron chi connectivity index (χ2n) is 6.41. The van der Waals surface area contributed by atoms with Crippen molar-refractivity contribution in [3.63, 3.8) is 0 Å².